The third-order valence-electron chi connectivity index (χ3n) is 6.84. The molecule has 0 bridgehead atoms. The fourth-order valence-electron chi connectivity index (χ4n) is 5.15. The minimum Gasteiger partial charge on any atom is -0.491 e. The Hall–Kier alpha value is -2.52. The standard InChI is InChI=1S/C26H36F2N4O3/c1-5-32-10-8-22(29-32)21-13-26(16-30(14-21)15-24(27)28)9-11-31(17-34-26)25(33)20-6-7-23(19(4)12-20)35-18(2)3/h6-8,10,12,18,21,24H,5,9,11,13-17H2,1-4H3. The zero-order valence-corrected chi connectivity index (χ0v) is 21.0. The SMILES string of the molecule is CCn1ccc(C2CN(CC(F)F)CC3(CCN(C(=O)c4ccc(OC(C)C)c(C)c4)CO3)C2)n1. The van der Waals surface area contributed by atoms with Crippen molar-refractivity contribution in [1.29, 1.82) is 0 Å². The zero-order valence-electron chi connectivity index (χ0n) is 21.0. The van der Waals surface area contributed by atoms with Crippen LogP contribution in [0, 0.1) is 6.92 Å². The third kappa shape index (κ3) is 6.01. The van der Waals surface area contributed by atoms with Crippen LogP contribution >= 0.6 is 0 Å². The largest absolute Gasteiger partial charge is 0.491 e. The number of halogens is 2. The molecule has 2 aromatic rings. The molecule has 1 amide bonds. The Morgan fingerprint density at radius 1 is 1.31 bits per heavy atom. The Balaban J connectivity index is 1.45. The summed E-state index contributed by atoms with van der Waals surface area (Å²) in [6, 6.07) is 7.43. The highest BCUT2D eigenvalue weighted by molar-refractivity contribution is 5.94. The summed E-state index contributed by atoms with van der Waals surface area (Å²) >= 11 is 0. The molecule has 2 aliphatic heterocycles. The highest BCUT2D eigenvalue weighted by Crippen LogP contribution is 2.39. The molecule has 192 valence electrons. The monoisotopic (exact) mass is 490 g/mol. The lowest BCUT2D eigenvalue weighted by molar-refractivity contribution is -0.159. The molecule has 3 heterocycles. The van der Waals surface area contributed by atoms with Gasteiger partial charge in [-0.3, -0.25) is 14.4 Å². The molecule has 2 atom stereocenters. The normalized spacial score (nSPS) is 23.4. The van der Waals surface area contributed by atoms with E-state index in [1.165, 1.54) is 0 Å². The van der Waals surface area contributed by atoms with Gasteiger partial charge in [0, 0.05) is 43.9 Å². The van der Waals surface area contributed by atoms with Crippen LogP contribution in [0.15, 0.2) is 30.5 Å². The Morgan fingerprint density at radius 2 is 2.11 bits per heavy atom. The first-order valence-electron chi connectivity index (χ1n) is 12.4. The van der Waals surface area contributed by atoms with Crippen molar-refractivity contribution in [3.05, 3.63) is 47.3 Å². The van der Waals surface area contributed by atoms with Gasteiger partial charge in [0.1, 0.15) is 12.5 Å². The number of aryl methyl sites for hydroxylation is 2. The Morgan fingerprint density at radius 3 is 2.71 bits per heavy atom. The number of hydrogen-bond donors (Lipinski definition) is 0. The first kappa shape index (κ1) is 25.6. The van der Waals surface area contributed by atoms with E-state index in [1.807, 2.05) is 56.8 Å². The number of hydrogen-bond acceptors (Lipinski definition) is 5. The zero-order chi connectivity index (χ0) is 25.2. The maximum atomic E-state index is 13.3. The summed E-state index contributed by atoms with van der Waals surface area (Å²) in [5.41, 5.74) is 1.83. The fraction of sp³-hybridized carbons (Fsp3) is 0.615. The molecule has 0 saturated carbocycles. The van der Waals surface area contributed by atoms with E-state index in [0.717, 1.165) is 23.6 Å². The van der Waals surface area contributed by atoms with E-state index in [1.54, 1.807) is 15.9 Å². The van der Waals surface area contributed by atoms with Crippen molar-refractivity contribution < 1.29 is 23.0 Å². The van der Waals surface area contributed by atoms with E-state index in [9.17, 15) is 13.6 Å². The number of rotatable bonds is 7. The molecule has 1 spiro atoms. The highest BCUT2D eigenvalue weighted by Gasteiger charge is 2.45. The fourth-order valence-corrected chi connectivity index (χ4v) is 5.15. The molecule has 35 heavy (non-hydrogen) atoms. The second kappa shape index (κ2) is 10.6. The van der Waals surface area contributed by atoms with Crippen LogP contribution in [0.25, 0.3) is 0 Å². The van der Waals surface area contributed by atoms with Crippen LogP contribution in [0.4, 0.5) is 8.78 Å². The number of benzene rings is 1. The molecule has 2 saturated heterocycles. The minimum atomic E-state index is -2.41. The number of alkyl halides is 2. The van der Waals surface area contributed by atoms with Gasteiger partial charge in [-0.25, -0.2) is 8.78 Å². The quantitative estimate of drug-likeness (QED) is 0.579. The number of carbonyl (C=O) groups excluding carboxylic acids is 1. The van der Waals surface area contributed by atoms with E-state index in [2.05, 4.69) is 5.10 Å². The average molecular weight is 491 g/mol. The summed E-state index contributed by atoms with van der Waals surface area (Å²) < 4.78 is 40.5. The number of amides is 1. The van der Waals surface area contributed by atoms with Crippen LogP contribution in [0.5, 0.6) is 5.75 Å². The van der Waals surface area contributed by atoms with Crippen molar-refractivity contribution in [3.8, 4) is 5.75 Å². The maximum absolute atomic E-state index is 13.3. The molecule has 4 rings (SSSR count). The summed E-state index contributed by atoms with van der Waals surface area (Å²) in [5, 5.41) is 4.63. The number of ether oxygens (including phenoxy) is 2. The summed E-state index contributed by atoms with van der Waals surface area (Å²) in [6.45, 7) is 9.97. The molecule has 1 aromatic heterocycles. The topological polar surface area (TPSA) is 59.8 Å². The van der Waals surface area contributed by atoms with Gasteiger partial charge in [0.05, 0.1) is 23.9 Å². The minimum absolute atomic E-state index is 0.00806. The number of aromatic nitrogens is 2. The first-order chi connectivity index (χ1) is 16.7. The van der Waals surface area contributed by atoms with Gasteiger partial charge in [0.2, 0.25) is 0 Å². The lowest BCUT2D eigenvalue weighted by atomic mass is 9.80. The Kier molecular flexibility index (Phi) is 7.76. The predicted octanol–water partition coefficient (Wildman–Crippen LogP) is 4.31. The maximum Gasteiger partial charge on any atom is 0.255 e. The summed E-state index contributed by atoms with van der Waals surface area (Å²) in [6.07, 6.45) is 0.871. The van der Waals surface area contributed by atoms with Gasteiger partial charge < -0.3 is 14.4 Å². The van der Waals surface area contributed by atoms with Crippen LogP contribution in [0.3, 0.4) is 0 Å². The Bertz CT molecular complexity index is 1020. The van der Waals surface area contributed by atoms with Crippen LogP contribution in [0.1, 0.15) is 61.1 Å². The molecule has 2 aliphatic rings. The number of piperidine rings is 1. The van der Waals surface area contributed by atoms with E-state index in [0.29, 0.717) is 38.0 Å². The smallest absolute Gasteiger partial charge is 0.255 e. The molecule has 9 heteroatoms. The molecule has 2 fully saturated rings. The van der Waals surface area contributed by atoms with E-state index in [4.69, 9.17) is 9.47 Å². The van der Waals surface area contributed by atoms with Crippen LogP contribution in [-0.2, 0) is 11.3 Å². The van der Waals surface area contributed by atoms with Crippen molar-refractivity contribution in [2.45, 2.75) is 71.1 Å². The molecule has 0 radical (unpaired) electrons. The summed E-state index contributed by atoms with van der Waals surface area (Å²) in [7, 11) is 0. The summed E-state index contributed by atoms with van der Waals surface area (Å²) in [4.78, 5) is 16.7. The molecule has 1 aromatic carbocycles. The van der Waals surface area contributed by atoms with Crippen LogP contribution in [-0.4, -0.2) is 76.5 Å². The number of carbonyl (C=O) groups is 1. The van der Waals surface area contributed by atoms with Gasteiger partial charge in [-0.2, -0.15) is 5.10 Å². The van der Waals surface area contributed by atoms with E-state index >= 15 is 0 Å². The van der Waals surface area contributed by atoms with Gasteiger partial charge in [-0.05, 0) is 70.4 Å². The number of likely N-dealkylation sites (tertiary alicyclic amines) is 1. The number of nitrogens with zero attached hydrogens (tertiary/aromatic N) is 4. The van der Waals surface area contributed by atoms with Gasteiger partial charge in [-0.1, -0.05) is 0 Å². The van der Waals surface area contributed by atoms with Gasteiger partial charge >= 0.3 is 0 Å². The molecule has 7 nitrogen and oxygen atoms in total. The van der Waals surface area contributed by atoms with Gasteiger partial charge in [-0.15, -0.1) is 0 Å². The van der Waals surface area contributed by atoms with E-state index in [-0.39, 0.29) is 31.2 Å². The average Bonchev–Trinajstić information content (AvgIpc) is 3.29. The lowest BCUT2D eigenvalue weighted by Gasteiger charge is -2.49. The lowest BCUT2D eigenvalue weighted by Crippen LogP contribution is -2.58. The van der Waals surface area contributed by atoms with Crippen molar-refractivity contribution in [3.63, 3.8) is 0 Å². The second-order valence-corrected chi connectivity index (χ2v) is 10.0. The van der Waals surface area contributed by atoms with Crippen molar-refractivity contribution >= 4 is 5.91 Å². The molecule has 2 unspecified atom stereocenters. The predicted molar refractivity (Wildman–Crippen MR) is 129 cm³/mol. The van der Waals surface area contributed by atoms with Crippen LogP contribution < -0.4 is 4.74 Å². The highest BCUT2D eigenvalue weighted by atomic mass is 19.3. The molecular weight excluding hydrogens is 454 g/mol. The first-order valence-corrected chi connectivity index (χ1v) is 12.4. The van der Waals surface area contributed by atoms with E-state index < -0.39 is 12.0 Å². The van der Waals surface area contributed by atoms with Crippen LogP contribution in [0.2, 0.25) is 0 Å². The van der Waals surface area contributed by atoms with Crippen molar-refractivity contribution in [2.75, 3.05) is 32.9 Å². The Labute approximate surface area is 206 Å². The summed E-state index contributed by atoms with van der Waals surface area (Å²) in [5.74, 6) is 0.675. The van der Waals surface area contributed by atoms with Gasteiger partial charge in [0.25, 0.3) is 12.3 Å². The third-order valence-corrected chi connectivity index (χ3v) is 6.84. The molecular formula is C26H36F2N4O3. The molecule has 0 aliphatic carbocycles. The molecule has 0 N–H and O–H groups in total. The van der Waals surface area contributed by atoms with Crippen molar-refractivity contribution in [1.82, 2.24) is 19.6 Å². The van der Waals surface area contributed by atoms with Crippen molar-refractivity contribution in [2.24, 2.45) is 0 Å². The second-order valence-electron chi connectivity index (χ2n) is 10.0. The van der Waals surface area contributed by atoms with Gasteiger partial charge in [0.15, 0.2) is 0 Å².